The number of aliphatic hydroxyl groups is 7. The highest BCUT2D eigenvalue weighted by atomic mass is 16.7. The number of allylic oxidation sites excluding steroid dienone is 6. The Labute approximate surface area is 454 Å². The zero-order valence-corrected chi connectivity index (χ0v) is 47.8. The van der Waals surface area contributed by atoms with Crippen molar-refractivity contribution in [2.75, 3.05) is 13.2 Å². The van der Waals surface area contributed by atoms with Crippen molar-refractivity contribution in [3.05, 3.63) is 36.5 Å². The van der Waals surface area contributed by atoms with Gasteiger partial charge in [0.2, 0.25) is 5.91 Å². The molecule has 9 atom stereocenters. The standard InChI is InChI=1S/C63H119NO10/c1-3-5-7-9-11-13-15-17-19-21-23-25-26-27-28-29-31-32-34-36-38-40-42-44-46-48-50-55(66)58(68)54(53-73-63-61(71)60(70)59(69)57(52-65)74-63)64-62(72)56(67)51-49-47-45-43-41-39-37-35-33-30-24-22-20-18-16-14-12-10-8-6-4-2/h28-29,34,36,42,44,54-61,63,65-71H,3-27,30-33,35,37-41,43,45-53H2,1-2H3,(H,64,72)/b29-28+,36-34+,44-42+. The Kier molecular flexibility index (Phi) is 49.5. The molecule has 0 bridgehead atoms. The van der Waals surface area contributed by atoms with Crippen molar-refractivity contribution in [1.82, 2.24) is 5.32 Å². The van der Waals surface area contributed by atoms with E-state index in [0.29, 0.717) is 19.3 Å². The van der Waals surface area contributed by atoms with Crippen molar-refractivity contribution in [2.45, 2.75) is 345 Å². The van der Waals surface area contributed by atoms with E-state index >= 15 is 0 Å². The highest BCUT2D eigenvalue weighted by molar-refractivity contribution is 5.80. The summed E-state index contributed by atoms with van der Waals surface area (Å²) in [5, 5.41) is 76.2. The maximum atomic E-state index is 13.2. The number of carbonyl (C=O) groups excluding carboxylic acids is 1. The molecule has 11 nitrogen and oxygen atoms in total. The van der Waals surface area contributed by atoms with Gasteiger partial charge in [0.15, 0.2) is 6.29 Å². The zero-order chi connectivity index (χ0) is 54.0. The van der Waals surface area contributed by atoms with Crippen molar-refractivity contribution >= 4 is 5.91 Å². The van der Waals surface area contributed by atoms with Gasteiger partial charge in [0.05, 0.1) is 25.4 Å². The Balaban J connectivity index is 2.31. The van der Waals surface area contributed by atoms with E-state index in [1.165, 1.54) is 199 Å². The number of amides is 1. The van der Waals surface area contributed by atoms with E-state index in [1.54, 1.807) is 0 Å². The largest absolute Gasteiger partial charge is 0.394 e. The first-order valence-corrected chi connectivity index (χ1v) is 31.4. The van der Waals surface area contributed by atoms with E-state index in [4.69, 9.17) is 9.47 Å². The topological polar surface area (TPSA) is 189 Å². The highest BCUT2D eigenvalue weighted by Crippen LogP contribution is 2.23. The van der Waals surface area contributed by atoms with Crippen molar-refractivity contribution in [3.63, 3.8) is 0 Å². The molecule has 1 saturated heterocycles. The van der Waals surface area contributed by atoms with Crippen LogP contribution < -0.4 is 5.32 Å². The van der Waals surface area contributed by atoms with E-state index < -0.39 is 74.2 Å². The molecule has 74 heavy (non-hydrogen) atoms. The van der Waals surface area contributed by atoms with Crippen LogP contribution in [0.5, 0.6) is 0 Å². The van der Waals surface area contributed by atoms with Gasteiger partial charge < -0.3 is 50.5 Å². The lowest BCUT2D eigenvalue weighted by atomic mass is 9.98. The second kappa shape index (κ2) is 52.1. The molecule has 1 heterocycles. The highest BCUT2D eigenvalue weighted by Gasteiger charge is 2.44. The molecule has 436 valence electrons. The van der Waals surface area contributed by atoms with Crippen LogP contribution in [0.2, 0.25) is 0 Å². The average molecular weight is 1050 g/mol. The first-order chi connectivity index (χ1) is 36.2. The molecule has 0 aliphatic carbocycles. The van der Waals surface area contributed by atoms with Crippen LogP contribution in [0.25, 0.3) is 0 Å². The Hall–Kier alpha value is -1.67. The first-order valence-electron chi connectivity index (χ1n) is 31.4. The van der Waals surface area contributed by atoms with Gasteiger partial charge in [-0.2, -0.15) is 0 Å². The summed E-state index contributed by atoms with van der Waals surface area (Å²) in [6.45, 7) is 3.47. The van der Waals surface area contributed by atoms with Crippen molar-refractivity contribution in [2.24, 2.45) is 0 Å². The van der Waals surface area contributed by atoms with Crippen LogP contribution in [-0.2, 0) is 14.3 Å². The van der Waals surface area contributed by atoms with E-state index in [-0.39, 0.29) is 12.8 Å². The second-order valence-corrected chi connectivity index (χ2v) is 22.1. The third kappa shape index (κ3) is 39.7. The fourth-order valence-corrected chi connectivity index (χ4v) is 10.1. The molecule has 11 heteroatoms. The summed E-state index contributed by atoms with van der Waals surface area (Å²) < 4.78 is 11.1. The average Bonchev–Trinajstić information content (AvgIpc) is 3.40. The Morgan fingerprint density at radius 3 is 1.20 bits per heavy atom. The van der Waals surface area contributed by atoms with Crippen LogP contribution in [0, 0.1) is 0 Å². The molecule has 0 radical (unpaired) electrons. The molecule has 1 amide bonds. The summed E-state index contributed by atoms with van der Waals surface area (Å²) in [5.74, 6) is -0.708. The molecule has 9 unspecified atom stereocenters. The molecular weight excluding hydrogens is 931 g/mol. The molecule has 0 aromatic carbocycles. The lowest BCUT2D eigenvalue weighted by Crippen LogP contribution is -2.60. The van der Waals surface area contributed by atoms with E-state index in [9.17, 15) is 40.5 Å². The van der Waals surface area contributed by atoms with Gasteiger partial charge in [-0.1, -0.05) is 262 Å². The molecule has 0 aromatic heterocycles. The van der Waals surface area contributed by atoms with E-state index in [0.717, 1.165) is 44.9 Å². The molecule has 1 fully saturated rings. The van der Waals surface area contributed by atoms with Gasteiger partial charge in [0.1, 0.15) is 36.6 Å². The number of nitrogens with one attached hydrogen (secondary N) is 1. The van der Waals surface area contributed by atoms with Crippen LogP contribution in [0.4, 0.5) is 0 Å². The predicted octanol–water partition coefficient (Wildman–Crippen LogP) is 13.9. The van der Waals surface area contributed by atoms with Gasteiger partial charge in [-0.05, 0) is 64.2 Å². The monoisotopic (exact) mass is 1050 g/mol. The molecule has 1 rings (SSSR count). The van der Waals surface area contributed by atoms with E-state index in [2.05, 4.69) is 55.6 Å². The van der Waals surface area contributed by atoms with Crippen LogP contribution in [0.15, 0.2) is 36.5 Å². The molecule has 0 spiro atoms. The maximum absolute atomic E-state index is 13.2. The summed E-state index contributed by atoms with van der Waals surface area (Å²) in [6.07, 6.45) is 53.5. The number of aliphatic hydroxyl groups excluding tert-OH is 7. The van der Waals surface area contributed by atoms with E-state index in [1.807, 2.05) is 0 Å². The smallest absolute Gasteiger partial charge is 0.249 e. The molecule has 1 aliphatic rings. The minimum Gasteiger partial charge on any atom is -0.394 e. The zero-order valence-electron chi connectivity index (χ0n) is 47.8. The van der Waals surface area contributed by atoms with Gasteiger partial charge in [-0.25, -0.2) is 0 Å². The minimum atomic E-state index is -1.67. The Morgan fingerprint density at radius 1 is 0.459 bits per heavy atom. The number of carbonyl (C=O) groups is 1. The first kappa shape index (κ1) is 70.3. The van der Waals surface area contributed by atoms with Gasteiger partial charge in [0.25, 0.3) is 0 Å². The molecule has 0 aromatic rings. The fourth-order valence-electron chi connectivity index (χ4n) is 10.1. The van der Waals surface area contributed by atoms with Gasteiger partial charge in [-0.15, -0.1) is 0 Å². The predicted molar refractivity (Wildman–Crippen MR) is 307 cm³/mol. The molecular formula is C63H119NO10. The van der Waals surface area contributed by atoms with Crippen molar-refractivity contribution in [3.8, 4) is 0 Å². The van der Waals surface area contributed by atoms with Gasteiger partial charge in [-0.3, -0.25) is 4.79 Å². The quantitative estimate of drug-likeness (QED) is 0.0215. The molecule has 8 N–H and O–H groups in total. The third-order valence-corrected chi connectivity index (χ3v) is 15.2. The summed E-state index contributed by atoms with van der Waals surface area (Å²) in [5.41, 5.74) is 0. The minimum absolute atomic E-state index is 0.243. The fraction of sp³-hybridized carbons (Fsp3) is 0.889. The maximum Gasteiger partial charge on any atom is 0.249 e. The number of unbranched alkanes of at least 4 members (excludes halogenated alkanes) is 36. The second-order valence-electron chi connectivity index (χ2n) is 22.1. The lowest BCUT2D eigenvalue weighted by molar-refractivity contribution is -0.303. The Bertz CT molecular complexity index is 1300. The van der Waals surface area contributed by atoms with Gasteiger partial charge in [0, 0.05) is 0 Å². The summed E-state index contributed by atoms with van der Waals surface area (Å²) in [7, 11) is 0. The van der Waals surface area contributed by atoms with Crippen LogP contribution in [0.3, 0.4) is 0 Å². The summed E-state index contributed by atoms with van der Waals surface area (Å²) in [6, 6.07) is -1.19. The van der Waals surface area contributed by atoms with Crippen molar-refractivity contribution < 1.29 is 50.0 Å². The number of hydrogen-bond acceptors (Lipinski definition) is 10. The van der Waals surface area contributed by atoms with Crippen LogP contribution in [-0.4, -0.2) is 110 Å². The molecule has 1 aliphatic heterocycles. The summed E-state index contributed by atoms with van der Waals surface area (Å²) in [4.78, 5) is 13.2. The Morgan fingerprint density at radius 2 is 0.811 bits per heavy atom. The van der Waals surface area contributed by atoms with Crippen molar-refractivity contribution in [1.29, 1.82) is 0 Å². The van der Waals surface area contributed by atoms with Gasteiger partial charge >= 0.3 is 0 Å². The summed E-state index contributed by atoms with van der Waals surface area (Å²) >= 11 is 0. The number of hydrogen-bond donors (Lipinski definition) is 8. The SMILES string of the molecule is CCCCCCCCCCCCCCC/C=C/CC/C=C/CC/C=C/CCCC(O)C(O)C(COC1OC(CO)C(O)C(O)C1O)NC(=O)C(O)CCCCCCCCCCCCCCCCCCCCCCC. The van der Waals surface area contributed by atoms with Crippen LogP contribution in [0.1, 0.15) is 290 Å². The molecule has 0 saturated carbocycles. The number of rotatable bonds is 54. The lowest BCUT2D eigenvalue weighted by Gasteiger charge is -2.40. The van der Waals surface area contributed by atoms with Crippen LogP contribution >= 0.6 is 0 Å². The normalized spacial score (nSPS) is 20.0. The number of ether oxygens (including phenoxy) is 2. The third-order valence-electron chi connectivity index (χ3n) is 15.2.